The summed E-state index contributed by atoms with van der Waals surface area (Å²) in [6, 6.07) is 17.6. The van der Waals surface area contributed by atoms with Gasteiger partial charge in [-0.25, -0.2) is 0 Å². The van der Waals surface area contributed by atoms with Gasteiger partial charge < -0.3 is 20.5 Å². The summed E-state index contributed by atoms with van der Waals surface area (Å²) < 4.78 is 11.4. The van der Waals surface area contributed by atoms with Crippen LogP contribution in [0.1, 0.15) is 76.3 Å². The summed E-state index contributed by atoms with van der Waals surface area (Å²) in [5.41, 5.74) is 5.10. The van der Waals surface area contributed by atoms with Gasteiger partial charge in [0.15, 0.2) is 0 Å². The highest BCUT2D eigenvalue weighted by atomic mass is 19.0. The lowest BCUT2D eigenvalue weighted by atomic mass is 10.1. The van der Waals surface area contributed by atoms with E-state index in [9.17, 15) is 0 Å². The van der Waals surface area contributed by atoms with Gasteiger partial charge in [0, 0.05) is 18.5 Å². The third kappa shape index (κ3) is 15.2. The van der Waals surface area contributed by atoms with Crippen molar-refractivity contribution >= 4 is 11.4 Å². The van der Waals surface area contributed by atoms with Gasteiger partial charge >= 0.3 is 0 Å². The summed E-state index contributed by atoms with van der Waals surface area (Å²) in [6.45, 7) is 9.70. The van der Waals surface area contributed by atoms with Crippen molar-refractivity contribution in [1.82, 2.24) is 0 Å². The molecule has 0 aliphatic heterocycles. The van der Waals surface area contributed by atoms with Gasteiger partial charge in [0.05, 0.1) is 19.4 Å². The Kier molecular flexibility index (Phi) is 19.1. The van der Waals surface area contributed by atoms with E-state index in [1.807, 2.05) is 0 Å². The van der Waals surface area contributed by atoms with Gasteiger partial charge in [-0.2, -0.15) is 0 Å². The Balaban J connectivity index is 0.00000291. The first-order valence-corrected chi connectivity index (χ1v) is 13.1. The average molecular weight is 490 g/mol. The second-order valence-corrected chi connectivity index (χ2v) is 8.70. The molecule has 2 aromatic rings. The predicted molar refractivity (Wildman–Crippen MR) is 151 cm³/mol. The highest BCUT2D eigenvalue weighted by Gasteiger charge is 2.08. The van der Waals surface area contributed by atoms with Gasteiger partial charge in [-0.3, -0.25) is 4.70 Å². The molecule has 0 aliphatic rings. The topological polar surface area (TPSA) is 53.5 Å². The Hall–Kier alpha value is -2.53. The largest absolute Gasteiger partial charge is 0.495 e. The van der Waals surface area contributed by atoms with Crippen molar-refractivity contribution in [2.24, 2.45) is 0 Å². The summed E-state index contributed by atoms with van der Waals surface area (Å²) in [7, 11) is 1.29. The maximum absolute atomic E-state index is 5.72. The summed E-state index contributed by atoms with van der Waals surface area (Å²) in [5, 5.41) is 10.5. The number of benzene rings is 2. The van der Waals surface area contributed by atoms with Crippen LogP contribution in [-0.4, -0.2) is 32.8 Å². The fourth-order valence-corrected chi connectivity index (χ4v) is 3.86. The normalized spacial score (nSPS) is 10.5. The van der Waals surface area contributed by atoms with Gasteiger partial charge in [0.25, 0.3) is 0 Å². The minimum absolute atomic E-state index is 0. The van der Waals surface area contributed by atoms with E-state index in [4.69, 9.17) is 6.17 Å². The molecule has 0 radical (unpaired) electrons. The number of hydrogen-bond donors (Lipinski definition) is 3. The van der Waals surface area contributed by atoms with Gasteiger partial charge in [-0.15, -0.1) is 0 Å². The van der Waals surface area contributed by atoms with Crippen LogP contribution in [0.3, 0.4) is 0 Å². The molecule has 3 N–H and O–H groups in total. The van der Waals surface area contributed by atoms with Crippen molar-refractivity contribution in [2.75, 3.05) is 30.8 Å². The van der Waals surface area contributed by atoms with Crippen LogP contribution in [0.5, 0.6) is 0 Å². The number of anilines is 2. The number of aliphatic hydroxyl groups excluding tert-OH is 1. The maximum Gasteiger partial charge on any atom is 0.210 e. The van der Waals surface area contributed by atoms with E-state index in [1.54, 1.807) is 0 Å². The van der Waals surface area contributed by atoms with Crippen molar-refractivity contribution in [3.05, 3.63) is 72.5 Å². The van der Waals surface area contributed by atoms with Gasteiger partial charge in [-0.05, 0) is 61.1 Å². The van der Waals surface area contributed by atoms with Gasteiger partial charge in [-0.1, -0.05) is 83.2 Å². The summed E-state index contributed by atoms with van der Waals surface area (Å²) in [6.07, 6.45) is 14.3. The summed E-state index contributed by atoms with van der Waals surface area (Å²) in [4.78, 5) is 0. The van der Waals surface area contributed by atoms with Crippen LogP contribution in [0.4, 0.5) is 16.1 Å². The number of aliphatic hydroxyl groups is 1. The predicted octanol–water partition coefficient (Wildman–Crippen LogP) is 7.75. The summed E-state index contributed by atoms with van der Waals surface area (Å²) >= 11 is 0. The van der Waals surface area contributed by atoms with E-state index < -0.39 is 0 Å². The molecular formula is C30H49FN2O2. The van der Waals surface area contributed by atoms with Crippen LogP contribution < -0.4 is 10.6 Å². The fourth-order valence-electron chi connectivity index (χ4n) is 3.86. The van der Waals surface area contributed by atoms with Crippen molar-refractivity contribution in [3.63, 3.8) is 0 Å². The Morgan fingerprint density at radius 3 is 1.54 bits per heavy atom. The first kappa shape index (κ1) is 30.5. The second kappa shape index (κ2) is 22.0. The number of aryl methyl sites for hydroxylation is 2. The van der Waals surface area contributed by atoms with E-state index in [2.05, 4.69) is 84.7 Å². The quantitative estimate of drug-likeness (QED) is 0.148. The van der Waals surface area contributed by atoms with Crippen LogP contribution in [0.2, 0.25) is 0 Å². The lowest BCUT2D eigenvalue weighted by Gasteiger charge is -2.19. The highest BCUT2D eigenvalue weighted by Crippen LogP contribution is 2.15. The third-order valence-electron chi connectivity index (χ3n) is 5.90. The van der Waals surface area contributed by atoms with Crippen molar-refractivity contribution in [1.29, 1.82) is 1.43 Å². The molecule has 0 fully saturated rings. The Bertz CT molecular complexity index is 697. The van der Waals surface area contributed by atoms with Crippen molar-refractivity contribution < 1.29 is 14.6 Å². The molecule has 0 amide bonds. The number of unbranched alkanes of at least 4 members (excludes halogenated alkanes) is 6. The zero-order valence-corrected chi connectivity index (χ0v) is 22.2. The standard InChI is InChI=1S/C29H44N2O.CH4O.FH/c1-4-7-9-11-13-25-15-19-27(20-16-25)30-23-29(32-6-3)24-31-28-21-17-26(18-22-28)14-12-10-8-5-2;1-2;/h6,15-22,29-31H,3-5,7-14,23-24H2,1-2H3;2H,1H3;1H/i;2D;. The van der Waals surface area contributed by atoms with Crippen LogP contribution in [0.15, 0.2) is 61.4 Å². The molecule has 0 bridgehead atoms. The molecule has 0 aliphatic carbocycles. The Morgan fingerprint density at radius 1 is 0.800 bits per heavy atom. The Morgan fingerprint density at radius 2 is 1.20 bits per heavy atom. The lowest BCUT2D eigenvalue weighted by molar-refractivity contribution is 0.168. The number of ether oxygens (including phenoxy) is 1. The molecular weight excluding hydrogens is 439 g/mol. The number of halogens is 1. The molecule has 0 saturated carbocycles. The van der Waals surface area contributed by atoms with Crippen LogP contribution in [-0.2, 0) is 17.6 Å². The lowest BCUT2D eigenvalue weighted by Crippen LogP contribution is -2.29. The second-order valence-electron chi connectivity index (χ2n) is 8.70. The molecule has 35 heavy (non-hydrogen) atoms. The fraction of sp³-hybridized carbons (Fsp3) is 0.533. The van der Waals surface area contributed by atoms with E-state index >= 15 is 0 Å². The first-order chi connectivity index (χ1) is 17.2. The van der Waals surface area contributed by atoms with E-state index in [-0.39, 0.29) is 10.8 Å². The molecule has 0 aromatic heterocycles. The van der Waals surface area contributed by atoms with Crippen LogP contribution >= 0.6 is 0 Å². The molecule has 0 spiro atoms. The van der Waals surface area contributed by atoms with Crippen molar-refractivity contribution in [2.45, 2.75) is 84.2 Å². The zero-order valence-electron chi connectivity index (χ0n) is 23.2. The van der Waals surface area contributed by atoms with Gasteiger partial charge in [0.1, 0.15) is 6.10 Å². The summed E-state index contributed by atoms with van der Waals surface area (Å²) in [5.74, 6) is 0. The third-order valence-corrected chi connectivity index (χ3v) is 5.90. The molecule has 198 valence electrons. The molecule has 4 nitrogen and oxygen atoms in total. The SMILES string of the molecule is C=COC(CNc1ccc(CCCCCC)cc1)CNc1ccc(CCCCCC)cc1.F.[2H]OC. The highest BCUT2D eigenvalue weighted by molar-refractivity contribution is 5.46. The minimum atomic E-state index is 0. The minimum Gasteiger partial charge on any atom is -0.495 e. The van der Waals surface area contributed by atoms with E-state index in [1.165, 1.54) is 88.7 Å². The molecule has 0 saturated heterocycles. The van der Waals surface area contributed by atoms with Crippen LogP contribution in [0, 0.1) is 0 Å². The molecule has 2 aromatic carbocycles. The zero-order chi connectivity index (χ0) is 25.6. The maximum atomic E-state index is 5.72. The van der Waals surface area contributed by atoms with Crippen LogP contribution in [0.25, 0.3) is 0 Å². The van der Waals surface area contributed by atoms with E-state index in [0.29, 0.717) is 0 Å². The first-order valence-electron chi connectivity index (χ1n) is 13.5. The van der Waals surface area contributed by atoms with Crippen molar-refractivity contribution in [3.8, 4) is 0 Å². The molecule has 0 unspecified atom stereocenters. The monoisotopic (exact) mass is 489 g/mol. The molecule has 5 heteroatoms. The smallest absolute Gasteiger partial charge is 0.210 e. The molecule has 2 rings (SSSR count). The average Bonchev–Trinajstić information content (AvgIpc) is 2.88. The number of hydrogen-bond acceptors (Lipinski definition) is 4. The molecule has 0 heterocycles. The Labute approximate surface area is 215 Å². The number of rotatable bonds is 18. The van der Waals surface area contributed by atoms with Gasteiger partial charge in [0.2, 0.25) is 1.43 Å². The number of nitrogens with one attached hydrogen (secondary N) is 2. The van der Waals surface area contributed by atoms with E-state index in [0.717, 1.165) is 24.5 Å². The molecule has 0 atom stereocenters.